The van der Waals surface area contributed by atoms with Gasteiger partial charge >= 0.3 is 5.16 Å². The van der Waals surface area contributed by atoms with Crippen LogP contribution in [0, 0.1) is 13.8 Å². The lowest BCUT2D eigenvalue weighted by molar-refractivity contribution is 0.152. The second-order valence-electron chi connectivity index (χ2n) is 5.40. The van der Waals surface area contributed by atoms with E-state index in [4.69, 9.17) is 9.57 Å². The summed E-state index contributed by atoms with van der Waals surface area (Å²) in [6.07, 6.45) is 1.73. The normalized spacial score (nSPS) is 12.4. The molecule has 1 aromatic carbocycles. The number of nitrogens with zero attached hydrogens (tertiary/aromatic N) is 3. The number of ether oxygens (including phenoxy) is 1. The van der Waals surface area contributed by atoms with Gasteiger partial charge in [-0.3, -0.25) is 4.98 Å². The molecule has 0 fully saturated rings. The zero-order valence-corrected chi connectivity index (χ0v) is 14.9. The third-order valence-corrected chi connectivity index (χ3v) is 5.09. The number of imidazole rings is 1. The highest BCUT2D eigenvalue weighted by Crippen LogP contribution is 2.27. The van der Waals surface area contributed by atoms with Crippen LogP contribution in [0.1, 0.15) is 16.8 Å². The van der Waals surface area contributed by atoms with Crippen molar-refractivity contribution in [3.63, 3.8) is 0 Å². The number of hydrogen-bond donors (Lipinski definition) is 0. The van der Waals surface area contributed by atoms with Gasteiger partial charge in [0, 0.05) is 28.5 Å². The van der Waals surface area contributed by atoms with Crippen molar-refractivity contribution >= 4 is 22.2 Å². The molecule has 0 aliphatic heterocycles. The van der Waals surface area contributed by atoms with E-state index in [1.165, 1.54) is 11.8 Å². The van der Waals surface area contributed by atoms with Crippen molar-refractivity contribution in [3.05, 3.63) is 47.3 Å². The van der Waals surface area contributed by atoms with Gasteiger partial charge in [0.15, 0.2) is 5.75 Å². The largest absolute Gasteiger partial charge is 0.609 e. The zero-order valence-electron chi connectivity index (χ0n) is 14.1. The Balaban J connectivity index is 1.98. The first kappa shape index (κ1) is 16.6. The minimum atomic E-state index is -1.40. The number of aryl methyl sites for hydroxylation is 1. The molecule has 0 saturated heterocycles. The lowest BCUT2D eigenvalue weighted by atomic mass is 10.1. The standard InChI is InChI=1S/C17H19N3O3S/c1-11-9-18-14(12(2)16(11)22-3)10-24(21)17-19-13-7-5-6-8-15(13)20(17)23-4/h5-9H,10H2,1-4H3. The summed E-state index contributed by atoms with van der Waals surface area (Å²) in [5.74, 6) is 1.02. The predicted molar refractivity (Wildman–Crippen MR) is 92.6 cm³/mol. The zero-order chi connectivity index (χ0) is 17.3. The van der Waals surface area contributed by atoms with Crippen LogP contribution in [0.25, 0.3) is 11.0 Å². The predicted octanol–water partition coefficient (Wildman–Crippen LogP) is 2.42. The van der Waals surface area contributed by atoms with Crippen molar-refractivity contribution in [2.75, 3.05) is 14.2 Å². The van der Waals surface area contributed by atoms with Crippen LogP contribution in [-0.2, 0) is 16.9 Å². The summed E-state index contributed by atoms with van der Waals surface area (Å²) >= 11 is -1.40. The van der Waals surface area contributed by atoms with Crippen LogP contribution >= 0.6 is 0 Å². The van der Waals surface area contributed by atoms with Gasteiger partial charge in [-0.1, -0.05) is 12.1 Å². The number of rotatable bonds is 5. The Hall–Kier alpha value is -2.25. The SMILES string of the molecule is COc1c(C)cnc(C[S+]([O-])c2nc3ccccc3n2OC)c1C. The number of para-hydroxylation sites is 2. The molecule has 2 heterocycles. The van der Waals surface area contributed by atoms with Crippen LogP contribution in [0.15, 0.2) is 35.6 Å². The van der Waals surface area contributed by atoms with Crippen molar-refractivity contribution in [1.82, 2.24) is 14.7 Å². The first-order valence-electron chi connectivity index (χ1n) is 7.46. The molecule has 0 bridgehead atoms. The maximum atomic E-state index is 12.9. The molecule has 2 aromatic heterocycles. The molecule has 7 heteroatoms. The summed E-state index contributed by atoms with van der Waals surface area (Å²) in [6, 6.07) is 7.52. The van der Waals surface area contributed by atoms with Crippen molar-refractivity contribution in [1.29, 1.82) is 0 Å². The van der Waals surface area contributed by atoms with Gasteiger partial charge < -0.3 is 14.1 Å². The Kier molecular flexibility index (Phi) is 4.64. The molecule has 0 aliphatic rings. The van der Waals surface area contributed by atoms with Crippen LogP contribution < -0.4 is 9.57 Å². The second-order valence-corrected chi connectivity index (χ2v) is 6.74. The lowest BCUT2D eigenvalue weighted by Gasteiger charge is -2.14. The fourth-order valence-corrected chi connectivity index (χ4v) is 3.93. The summed E-state index contributed by atoms with van der Waals surface area (Å²) in [6.45, 7) is 3.86. The minimum absolute atomic E-state index is 0.245. The number of pyridine rings is 1. The molecule has 0 spiro atoms. The van der Waals surface area contributed by atoms with E-state index in [1.807, 2.05) is 38.1 Å². The van der Waals surface area contributed by atoms with E-state index in [9.17, 15) is 4.55 Å². The van der Waals surface area contributed by atoms with Crippen LogP contribution in [-0.4, -0.2) is 33.5 Å². The average molecular weight is 345 g/mol. The average Bonchev–Trinajstić information content (AvgIpc) is 2.96. The van der Waals surface area contributed by atoms with Crippen LogP contribution in [0.2, 0.25) is 0 Å². The van der Waals surface area contributed by atoms with Crippen LogP contribution in [0.4, 0.5) is 0 Å². The molecule has 0 radical (unpaired) electrons. The van der Waals surface area contributed by atoms with Gasteiger partial charge in [0.25, 0.3) is 0 Å². The van der Waals surface area contributed by atoms with Crippen molar-refractivity contribution in [3.8, 4) is 5.75 Å². The maximum absolute atomic E-state index is 12.9. The Morgan fingerprint density at radius 2 is 1.96 bits per heavy atom. The van der Waals surface area contributed by atoms with Gasteiger partial charge in [0.05, 0.1) is 18.3 Å². The monoisotopic (exact) mass is 345 g/mol. The van der Waals surface area contributed by atoms with Gasteiger partial charge in [0.1, 0.15) is 18.4 Å². The summed E-state index contributed by atoms with van der Waals surface area (Å²) < 4.78 is 19.8. The molecule has 3 rings (SSSR count). The van der Waals surface area contributed by atoms with Gasteiger partial charge in [0.2, 0.25) is 0 Å². The first-order valence-corrected chi connectivity index (χ1v) is 8.78. The van der Waals surface area contributed by atoms with Crippen LogP contribution in [0.3, 0.4) is 0 Å². The van der Waals surface area contributed by atoms with E-state index < -0.39 is 11.2 Å². The molecular formula is C17H19N3O3S. The molecule has 6 nitrogen and oxygen atoms in total. The molecule has 0 amide bonds. The number of benzene rings is 1. The Bertz CT molecular complexity index is 879. The van der Waals surface area contributed by atoms with E-state index in [0.717, 1.165) is 33.6 Å². The minimum Gasteiger partial charge on any atom is -0.609 e. The third-order valence-electron chi connectivity index (χ3n) is 3.89. The van der Waals surface area contributed by atoms with Gasteiger partial charge in [-0.15, -0.1) is 4.73 Å². The topological polar surface area (TPSA) is 72.2 Å². The van der Waals surface area contributed by atoms with E-state index in [0.29, 0.717) is 5.16 Å². The van der Waals surface area contributed by atoms with E-state index in [2.05, 4.69) is 9.97 Å². The molecule has 0 N–H and O–H groups in total. The molecule has 24 heavy (non-hydrogen) atoms. The summed E-state index contributed by atoms with van der Waals surface area (Å²) in [7, 11) is 3.16. The summed E-state index contributed by atoms with van der Waals surface area (Å²) in [4.78, 5) is 14.2. The number of hydrogen-bond acceptors (Lipinski definition) is 5. The van der Waals surface area contributed by atoms with Gasteiger partial charge in [-0.25, -0.2) is 0 Å². The van der Waals surface area contributed by atoms with Gasteiger partial charge in [-0.2, -0.15) is 4.98 Å². The molecular weight excluding hydrogens is 326 g/mol. The maximum Gasteiger partial charge on any atom is 0.357 e. The van der Waals surface area contributed by atoms with E-state index in [1.54, 1.807) is 13.3 Å². The highest BCUT2D eigenvalue weighted by Gasteiger charge is 2.25. The molecule has 0 saturated carbocycles. The smallest absolute Gasteiger partial charge is 0.357 e. The third kappa shape index (κ3) is 2.81. The fraction of sp³-hybridized carbons (Fsp3) is 0.294. The van der Waals surface area contributed by atoms with E-state index >= 15 is 0 Å². The molecule has 1 unspecified atom stereocenters. The molecule has 0 aliphatic carbocycles. The second kappa shape index (κ2) is 6.70. The Morgan fingerprint density at radius 3 is 2.67 bits per heavy atom. The van der Waals surface area contributed by atoms with Crippen molar-refractivity contribution < 1.29 is 14.1 Å². The number of methoxy groups -OCH3 is 1. The van der Waals surface area contributed by atoms with Crippen molar-refractivity contribution in [2.24, 2.45) is 0 Å². The summed E-state index contributed by atoms with van der Waals surface area (Å²) in [5.41, 5.74) is 4.11. The number of aromatic nitrogens is 3. The molecule has 126 valence electrons. The summed E-state index contributed by atoms with van der Waals surface area (Å²) in [5, 5.41) is 0.374. The Morgan fingerprint density at radius 1 is 1.21 bits per heavy atom. The first-order chi connectivity index (χ1) is 11.6. The van der Waals surface area contributed by atoms with Gasteiger partial charge in [-0.05, 0) is 26.0 Å². The highest BCUT2D eigenvalue weighted by atomic mass is 32.2. The van der Waals surface area contributed by atoms with E-state index in [-0.39, 0.29) is 5.75 Å². The molecule has 3 aromatic rings. The Labute approximate surface area is 143 Å². The quantitative estimate of drug-likeness (QED) is 0.664. The van der Waals surface area contributed by atoms with Crippen molar-refractivity contribution in [2.45, 2.75) is 24.8 Å². The number of fused-ring (bicyclic) bond motifs is 1. The lowest BCUT2D eigenvalue weighted by Crippen LogP contribution is -2.17. The fourth-order valence-electron chi connectivity index (χ4n) is 2.71. The van der Waals surface area contributed by atoms with Crippen LogP contribution in [0.5, 0.6) is 5.75 Å². The molecule has 1 atom stereocenters. The highest BCUT2D eigenvalue weighted by molar-refractivity contribution is 7.90.